The molecule has 0 N–H and O–H groups in total. The van der Waals surface area contributed by atoms with Gasteiger partial charge in [-0.1, -0.05) is 48.5 Å². The lowest BCUT2D eigenvalue weighted by molar-refractivity contribution is -0.137. The second kappa shape index (κ2) is 6.51. The number of likely N-dealkylation sites (N-methyl/N-ethyl adjacent to an activating group) is 1. The van der Waals surface area contributed by atoms with E-state index in [1.165, 1.54) is 19.1 Å². The first-order chi connectivity index (χ1) is 12.0. The van der Waals surface area contributed by atoms with Gasteiger partial charge in [-0.05, 0) is 17.7 Å². The Hall–Kier alpha value is -2.95. The SMILES string of the molecule is COC(=O)/C(=C\c1ccccc1)CC1(F)C(=O)N(C)c2ccccc21. The number of anilines is 1. The Kier molecular flexibility index (Phi) is 4.40. The molecule has 0 saturated heterocycles. The number of nitrogens with zero attached hydrogens (tertiary/aromatic N) is 1. The van der Waals surface area contributed by atoms with Gasteiger partial charge in [-0.2, -0.15) is 0 Å². The molecule has 0 spiro atoms. The summed E-state index contributed by atoms with van der Waals surface area (Å²) in [5, 5.41) is 0. The molecule has 25 heavy (non-hydrogen) atoms. The van der Waals surface area contributed by atoms with Crippen LogP contribution >= 0.6 is 0 Å². The zero-order chi connectivity index (χ0) is 18.0. The van der Waals surface area contributed by atoms with Crippen molar-refractivity contribution in [2.24, 2.45) is 0 Å². The number of ether oxygens (including phenoxy) is 1. The zero-order valence-electron chi connectivity index (χ0n) is 14.0. The summed E-state index contributed by atoms with van der Waals surface area (Å²) in [5.41, 5.74) is -0.669. The molecule has 0 radical (unpaired) electrons. The minimum Gasteiger partial charge on any atom is -0.466 e. The van der Waals surface area contributed by atoms with Crippen LogP contribution in [0.5, 0.6) is 0 Å². The number of alkyl halides is 1. The quantitative estimate of drug-likeness (QED) is 0.633. The summed E-state index contributed by atoms with van der Waals surface area (Å²) in [4.78, 5) is 26.0. The van der Waals surface area contributed by atoms with E-state index in [4.69, 9.17) is 4.74 Å². The van der Waals surface area contributed by atoms with Crippen molar-refractivity contribution in [1.82, 2.24) is 0 Å². The van der Waals surface area contributed by atoms with E-state index < -0.39 is 17.5 Å². The van der Waals surface area contributed by atoms with Gasteiger partial charge in [0.1, 0.15) is 0 Å². The molecule has 2 aromatic carbocycles. The first kappa shape index (κ1) is 16.9. The molecule has 3 rings (SSSR count). The molecule has 2 aromatic rings. The van der Waals surface area contributed by atoms with Gasteiger partial charge >= 0.3 is 5.97 Å². The molecule has 0 aromatic heterocycles. The van der Waals surface area contributed by atoms with Crippen molar-refractivity contribution in [3.05, 3.63) is 71.3 Å². The Bertz CT molecular complexity index is 847. The molecule has 5 heteroatoms. The lowest BCUT2D eigenvalue weighted by Crippen LogP contribution is -2.36. The Morgan fingerprint density at radius 1 is 1.16 bits per heavy atom. The highest BCUT2D eigenvalue weighted by atomic mass is 19.1. The van der Waals surface area contributed by atoms with E-state index in [1.807, 2.05) is 18.2 Å². The predicted molar refractivity (Wildman–Crippen MR) is 93.7 cm³/mol. The normalized spacial score (nSPS) is 19.7. The van der Waals surface area contributed by atoms with Crippen LogP contribution < -0.4 is 4.90 Å². The summed E-state index contributed by atoms with van der Waals surface area (Å²) < 4.78 is 20.6. The lowest BCUT2D eigenvalue weighted by atomic mass is 9.89. The summed E-state index contributed by atoms with van der Waals surface area (Å²) in [6.07, 6.45) is 1.18. The topological polar surface area (TPSA) is 46.6 Å². The van der Waals surface area contributed by atoms with Crippen LogP contribution in [0, 0.1) is 0 Å². The van der Waals surface area contributed by atoms with Gasteiger partial charge in [0, 0.05) is 24.6 Å². The van der Waals surface area contributed by atoms with Crippen LogP contribution in [0.25, 0.3) is 6.08 Å². The number of methoxy groups -OCH3 is 1. The van der Waals surface area contributed by atoms with Gasteiger partial charge in [0.15, 0.2) is 0 Å². The molecule has 0 saturated carbocycles. The fourth-order valence-electron chi connectivity index (χ4n) is 3.09. The highest BCUT2D eigenvalue weighted by molar-refractivity contribution is 6.08. The van der Waals surface area contributed by atoms with Crippen molar-refractivity contribution < 1.29 is 18.7 Å². The maximum absolute atomic E-state index is 15.8. The molecule has 1 unspecified atom stereocenters. The van der Waals surface area contributed by atoms with Crippen molar-refractivity contribution in [3.63, 3.8) is 0 Å². The molecule has 0 fully saturated rings. The van der Waals surface area contributed by atoms with Crippen LogP contribution in [-0.4, -0.2) is 26.0 Å². The van der Waals surface area contributed by atoms with E-state index in [0.29, 0.717) is 5.69 Å². The number of halogens is 1. The van der Waals surface area contributed by atoms with Gasteiger partial charge in [-0.15, -0.1) is 0 Å². The highest BCUT2D eigenvalue weighted by Gasteiger charge is 2.51. The molecule has 1 aliphatic heterocycles. The Labute approximate surface area is 145 Å². The molecular weight excluding hydrogens is 321 g/mol. The van der Waals surface area contributed by atoms with Gasteiger partial charge < -0.3 is 9.64 Å². The fourth-order valence-corrected chi connectivity index (χ4v) is 3.09. The number of benzene rings is 2. The lowest BCUT2D eigenvalue weighted by Gasteiger charge is -2.20. The summed E-state index contributed by atoms with van der Waals surface area (Å²) >= 11 is 0. The van der Waals surface area contributed by atoms with Gasteiger partial charge in [0.25, 0.3) is 5.91 Å². The molecular formula is C20H18FNO3. The van der Waals surface area contributed by atoms with Crippen LogP contribution in [0.15, 0.2) is 60.2 Å². The van der Waals surface area contributed by atoms with Gasteiger partial charge in [0.2, 0.25) is 5.67 Å². The first-order valence-electron chi connectivity index (χ1n) is 7.88. The second-order valence-electron chi connectivity index (χ2n) is 5.93. The number of hydrogen-bond donors (Lipinski definition) is 0. The predicted octanol–water partition coefficient (Wildman–Crippen LogP) is 3.47. The monoisotopic (exact) mass is 339 g/mol. The van der Waals surface area contributed by atoms with E-state index in [9.17, 15) is 9.59 Å². The average molecular weight is 339 g/mol. The largest absolute Gasteiger partial charge is 0.466 e. The Balaban J connectivity index is 2.04. The standard InChI is InChI=1S/C20H18FNO3/c1-22-17-11-7-6-10-16(17)20(21,19(22)24)13-15(18(23)25-2)12-14-8-4-3-5-9-14/h3-12H,13H2,1-2H3/b15-12-. The Morgan fingerprint density at radius 3 is 2.48 bits per heavy atom. The van der Waals surface area contributed by atoms with Crippen molar-refractivity contribution in [1.29, 1.82) is 0 Å². The van der Waals surface area contributed by atoms with Crippen LogP contribution in [0.4, 0.5) is 10.1 Å². The maximum Gasteiger partial charge on any atom is 0.333 e. The van der Waals surface area contributed by atoms with E-state index in [0.717, 1.165) is 5.56 Å². The minimum atomic E-state index is -2.29. The van der Waals surface area contributed by atoms with Crippen molar-refractivity contribution >= 4 is 23.6 Å². The number of rotatable bonds is 4. The average Bonchev–Trinajstić information content (AvgIpc) is 2.83. The van der Waals surface area contributed by atoms with Gasteiger partial charge in [-0.3, -0.25) is 4.79 Å². The summed E-state index contributed by atoms with van der Waals surface area (Å²) in [7, 11) is 2.77. The number of carbonyl (C=O) groups is 2. The maximum atomic E-state index is 15.8. The van der Waals surface area contributed by atoms with E-state index >= 15 is 4.39 Å². The Morgan fingerprint density at radius 2 is 1.80 bits per heavy atom. The molecule has 4 nitrogen and oxygen atoms in total. The summed E-state index contributed by atoms with van der Waals surface area (Å²) in [6.45, 7) is 0. The van der Waals surface area contributed by atoms with Crippen molar-refractivity contribution in [2.45, 2.75) is 12.1 Å². The second-order valence-corrected chi connectivity index (χ2v) is 5.93. The third-order valence-electron chi connectivity index (χ3n) is 4.36. The number of para-hydroxylation sites is 1. The minimum absolute atomic E-state index is 0.106. The van der Waals surface area contributed by atoms with Crippen molar-refractivity contribution in [3.8, 4) is 0 Å². The van der Waals surface area contributed by atoms with E-state index in [1.54, 1.807) is 42.5 Å². The van der Waals surface area contributed by atoms with E-state index in [-0.39, 0.29) is 17.6 Å². The smallest absolute Gasteiger partial charge is 0.333 e. The number of amides is 1. The van der Waals surface area contributed by atoms with Crippen LogP contribution in [-0.2, 0) is 20.0 Å². The molecule has 0 bridgehead atoms. The number of hydrogen-bond acceptors (Lipinski definition) is 3. The number of esters is 1. The molecule has 0 aliphatic carbocycles. The fraction of sp³-hybridized carbons (Fsp3) is 0.200. The summed E-state index contributed by atoms with van der Waals surface area (Å²) in [6, 6.07) is 15.8. The number of carbonyl (C=O) groups excluding carboxylic acids is 2. The van der Waals surface area contributed by atoms with Crippen LogP contribution in [0.1, 0.15) is 17.5 Å². The third kappa shape index (κ3) is 2.93. The van der Waals surface area contributed by atoms with Crippen LogP contribution in [0.2, 0.25) is 0 Å². The first-order valence-corrected chi connectivity index (χ1v) is 7.88. The number of fused-ring (bicyclic) bond motifs is 1. The summed E-state index contributed by atoms with van der Waals surface area (Å²) in [5.74, 6) is -1.34. The molecule has 1 heterocycles. The molecule has 1 aliphatic rings. The third-order valence-corrected chi connectivity index (χ3v) is 4.36. The zero-order valence-corrected chi connectivity index (χ0v) is 14.0. The molecule has 1 amide bonds. The van der Waals surface area contributed by atoms with Gasteiger partial charge in [-0.25, -0.2) is 9.18 Å². The van der Waals surface area contributed by atoms with Crippen molar-refractivity contribution in [2.75, 3.05) is 19.1 Å². The van der Waals surface area contributed by atoms with Gasteiger partial charge in [0.05, 0.1) is 12.8 Å². The highest BCUT2D eigenvalue weighted by Crippen LogP contribution is 2.46. The van der Waals surface area contributed by atoms with Crippen LogP contribution in [0.3, 0.4) is 0 Å². The molecule has 128 valence electrons. The van der Waals surface area contributed by atoms with E-state index in [2.05, 4.69) is 0 Å². The molecule has 1 atom stereocenters.